The normalized spacial score (nSPS) is 10.8. The van der Waals surface area contributed by atoms with Gasteiger partial charge < -0.3 is 14.5 Å². The zero-order valence-corrected chi connectivity index (χ0v) is 15.1. The number of ether oxygens (including phenoxy) is 1. The maximum atomic E-state index is 12.1. The van der Waals surface area contributed by atoms with E-state index in [0.29, 0.717) is 23.9 Å². The summed E-state index contributed by atoms with van der Waals surface area (Å²) in [5.74, 6) is 1.97. The lowest BCUT2D eigenvalue weighted by atomic mass is 10.0. The van der Waals surface area contributed by atoms with Crippen LogP contribution in [0.1, 0.15) is 46.3 Å². The lowest BCUT2D eigenvalue weighted by Crippen LogP contribution is -2.21. The largest absolute Gasteiger partial charge is 0.489 e. The summed E-state index contributed by atoms with van der Waals surface area (Å²) in [5, 5.41) is 4.79. The summed E-state index contributed by atoms with van der Waals surface area (Å²) in [5.41, 5.74) is 2.28. The fourth-order valence-electron chi connectivity index (χ4n) is 2.35. The van der Waals surface area contributed by atoms with Gasteiger partial charge >= 0.3 is 0 Å². The molecule has 2 aromatic heterocycles. The van der Waals surface area contributed by atoms with Crippen LogP contribution >= 0.6 is 11.3 Å². The molecule has 3 aromatic rings. The minimum absolute atomic E-state index is 0.103. The third-order valence-electron chi connectivity index (χ3n) is 3.83. The summed E-state index contributed by atoms with van der Waals surface area (Å²) in [6, 6.07) is 13.6. The summed E-state index contributed by atoms with van der Waals surface area (Å²) >= 11 is 1.41. The van der Waals surface area contributed by atoms with Gasteiger partial charge in [-0.05, 0) is 47.2 Å². The van der Waals surface area contributed by atoms with Crippen molar-refractivity contribution in [3.05, 3.63) is 75.9 Å². The van der Waals surface area contributed by atoms with Gasteiger partial charge in [0.1, 0.15) is 18.1 Å². The van der Waals surface area contributed by atoms with Crippen LogP contribution in [0.15, 0.2) is 58.5 Å². The summed E-state index contributed by atoms with van der Waals surface area (Å²) in [7, 11) is 0. The predicted molar refractivity (Wildman–Crippen MR) is 99.1 cm³/mol. The molecule has 3 rings (SSSR count). The number of hydrogen-bond donors (Lipinski definition) is 1. The van der Waals surface area contributed by atoms with Crippen molar-refractivity contribution < 1.29 is 13.9 Å². The molecule has 1 aromatic carbocycles. The highest BCUT2D eigenvalue weighted by atomic mass is 32.1. The van der Waals surface area contributed by atoms with Crippen molar-refractivity contribution in [2.24, 2.45) is 0 Å². The fourth-order valence-corrected chi connectivity index (χ4v) is 3.17. The van der Waals surface area contributed by atoms with Gasteiger partial charge in [0.2, 0.25) is 0 Å². The molecule has 0 aliphatic heterocycles. The maximum Gasteiger partial charge on any atom is 0.261 e. The zero-order chi connectivity index (χ0) is 17.6. The van der Waals surface area contributed by atoms with Gasteiger partial charge in [-0.15, -0.1) is 11.3 Å². The molecule has 1 N–H and O–H groups in total. The fraction of sp³-hybridized carbons (Fsp3) is 0.250. The first-order chi connectivity index (χ1) is 12.1. The van der Waals surface area contributed by atoms with Crippen LogP contribution in [0.5, 0.6) is 5.75 Å². The monoisotopic (exact) mass is 355 g/mol. The molecule has 0 fully saturated rings. The van der Waals surface area contributed by atoms with Gasteiger partial charge in [0, 0.05) is 5.56 Å². The standard InChI is InChI=1S/C20H21NO3S/c1-14(2)16-5-7-17(8-6-16)24-12-15-10-19(25-13-15)20(22)21-11-18-4-3-9-23-18/h3-10,13-14H,11-12H2,1-2H3,(H,21,22). The van der Waals surface area contributed by atoms with E-state index in [2.05, 4.69) is 31.3 Å². The van der Waals surface area contributed by atoms with Crippen molar-refractivity contribution in [2.75, 3.05) is 0 Å². The molecule has 1 amide bonds. The number of carbonyl (C=O) groups is 1. The number of rotatable bonds is 7. The molecular weight excluding hydrogens is 334 g/mol. The predicted octanol–water partition coefficient (Wildman–Crippen LogP) is 4.97. The van der Waals surface area contributed by atoms with E-state index in [1.165, 1.54) is 16.9 Å². The molecule has 0 spiro atoms. The lowest BCUT2D eigenvalue weighted by molar-refractivity contribution is 0.0952. The summed E-state index contributed by atoms with van der Waals surface area (Å²) < 4.78 is 11.0. The third-order valence-corrected chi connectivity index (χ3v) is 4.81. The quantitative estimate of drug-likeness (QED) is 0.651. The van der Waals surface area contributed by atoms with Gasteiger partial charge in [-0.1, -0.05) is 26.0 Å². The molecule has 0 radical (unpaired) electrons. The van der Waals surface area contributed by atoms with Crippen LogP contribution in [0.2, 0.25) is 0 Å². The Morgan fingerprint density at radius 2 is 2.04 bits per heavy atom. The molecule has 0 saturated carbocycles. The SMILES string of the molecule is CC(C)c1ccc(OCc2csc(C(=O)NCc3ccco3)c2)cc1. The van der Waals surface area contributed by atoms with Crippen LogP contribution in [-0.2, 0) is 13.2 Å². The number of furan rings is 1. The second-order valence-electron chi connectivity index (χ2n) is 6.09. The van der Waals surface area contributed by atoms with Gasteiger partial charge in [0.05, 0.1) is 17.7 Å². The Morgan fingerprint density at radius 3 is 2.72 bits per heavy atom. The van der Waals surface area contributed by atoms with Crippen molar-refractivity contribution in [1.29, 1.82) is 0 Å². The van der Waals surface area contributed by atoms with Gasteiger partial charge in [-0.3, -0.25) is 4.79 Å². The molecule has 2 heterocycles. The van der Waals surface area contributed by atoms with Gasteiger partial charge in [0.15, 0.2) is 0 Å². The average molecular weight is 355 g/mol. The first-order valence-electron chi connectivity index (χ1n) is 8.22. The topological polar surface area (TPSA) is 51.5 Å². The van der Waals surface area contributed by atoms with Gasteiger partial charge in [0.25, 0.3) is 5.91 Å². The number of carbonyl (C=O) groups excluding carboxylic acids is 1. The molecule has 130 valence electrons. The second kappa shape index (κ2) is 8.03. The van der Waals surface area contributed by atoms with Crippen molar-refractivity contribution >= 4 is 17.2 Å². The average Bonchev–Trinajstić information content (AvgIpc) is 3.30. The summed E-state index contributed by atoms with van der Waals surface area (Å²) in [6.07, 6.45) is 1.59. The highest BCUT2D eigenvalue weighted by molar-refractivity contribution is 7.12. The third kappa shape index (κ3) is 4.73. The molecular formula is C20H21NO3S. The lowest BCUT2D eigenvalue weighted by Gasteiger charge is -2.08. The summed E-state index contributed by atoms with van der Waals surface area (Å²) in [4.78, 5) is 12.8. The first-order valence-corrected chi connectivity index (χ1v) is 9.10. The maximum absolute atomic E-state index is 12.1. The zero-order valence-electron chi connectivity index (χ0n) is 14.3. The van der Waals surface area contributed by atoms with Crippen molar-refractivity contribution in [1.82, 2.24) is 5.32 Å². The van der Waals surface area contributed by atoms with E-state index in [1.54, 1.807) is 12.3 Å². The smallest absolute Gasteiger partial charge is 0.261 e. The van der Waals surface area contributed by atoms with Gasteiger partial charge in [-0.2, -0.15) is 0 Å². The Hall–Kier alpha value is -2.53. The first kappa shape index (κ1) is 17.3. The van der Waals surface area contributed by atoms with Crippen molar-refractivity contribution in [2.45, 2.75) is 32.9 Å². The molecule has 5 heteroatoms. The van der Waals surface area contributed by atoms with E-state index in [1.807, 2.05) is 29.6 Å². The van der Waals surface area contributed by atoms with E-state index >= 15 is 0 Å². The Bertz CT molecular complexity index is 804. The molecule has 0 unspecified atom stereocenters. The highest BCUT2D eigenvalue weighted by Gasteiger charge is 2.10. The van der Waals surface area contributed by atoms with Crippen molar-refractivity contribution in [3.63, 3.8) is 0 Å². The van der Waals surface area contributed by atoms with Crippen LogP contribution in [0.4, 0.5) is 0 Å². The number of amides is 1. The highest BCUT2D eigenvalue weighted by Crippen LogP contribution is 2.21. The van der Waals surface area contributed by atoms with E-state index in [4.69, 9.17) is 9.15 Å². The second-order valence-corrected chi connectivity index (χ2v) is 7.00. The van der Waals surface area contributed by atoms with Crippen LogP contribution < -0.4 is 10.1 Å². The number of benzene rings is 1. The van der Waals surface area contributed by atoms with Crippen LogP contribution in [-0.4, -0.2) is 5.91 Å². The Morgan fingerprint density at radius 1 is 1.24 bits per heavy atom. The molecule has 0 aliphatic carbocycles. The van der Waals surface area contributed by atoms with E-state index in [9.17, 15) is 4.79 Å². The Kier molecular flexibility index (Phi) is 5.56. The van der Waals surface area contributed by atoms with Crippen LogP contribution in [0.3, 0.4) is 0 Å². The van der Waals surface area contributed by atoms with E-state index in [0.717, 1.165) is 17.1 Å². The van der Waals surface area contributed by atoms with Crippen LogP contribution in [0.25, 0.3) is 0 Å². The summed E-state index contributed by atoms with van der Waals surface area (Å²) in [6.45, 7) is 5.17. The van der Waals surface area contributed by atoms with Crippen LogP contribution in [0, 0.1) is 0 Å². The minimum atomic E-state index is -0.103. The van der Waals surface area contributed by atoms with Gasteiger partial charge in [-0.25, -0.2) is 0 Å². The van der Waals surface area contributed by atoms with E-state index in [-0.39, 0.29) is 5.91 Å². The Labute approximate surface area is 151 Å². The molecule has 25 heavy (non-hydrogen) atoms. The number of nitrogens with one attached hydrogen (secondary N) is 1. The minimum Gasteiger partial charge on any atom is -0.489 e. The van der Waals surface area contributed by atoms with Crippen molar-refractivity contribution in [3.8, 4) is 5.75 Å². The molecule has 0 bridgehead atoms. The molecule has 4 nitrogen and oxygen atoms in total. The number of hydrogen-bond acceptors (Lipinski definition) is 4. The number of thiophene rings is 1. The van der Waals surface area contributed by atoms with E-state index < -0.39 is 0 Å². The Balaban J connectivity index is 1.51. The molecule has 0 aliphatic rings. The molecule has 0 atom stereocenters. The molecule has 0 saturated heterocycles.